The Bertz CT molecular complexity index is 268. The molecule has 0 aliphatic carbocycles. The molecule has 0 saturated carbocycles. The zero-order valence-corrected chi connectivity index (χ0v) is 10.4. The molecule has 0 aromatic carbocycles. The maximum Gasteiger partial charge on any atom is 0.407 e. The normalized spacial score (nSPS) is 32.9. The molecule has 2 atom stereocenters. The number of likely N-dealkylation sites (tertiary alicyclic amines) is 1. The number of alkyl halides is 3. The van der Waals surface area contributed by atoms with Gasteiger partial charge < -0.3 is 15.1 Å². The predicted molar refractivity (Wildman–Crippen MR) is 58.7 cm³/mol. The first kappa shape index (κ1) is 13.2. The molecule has 0 aromatic rings. The van der Waals surface area contributed by atoms with Crippen LogP contribution in [0.3, 0.4) is 0 Å². The molecule has 7 heteroatoms. The first-order chi connectivity index (χ1) is 6.67. The molecule has 1 heterocycles. The number of carboxylic acid groups (broad SMARTS) is 1. The van der Waals surface area contributed by atoms with Crippen LogP contribution in [0.5, 0.6) is 0 Å². The van der Waals surface area contributed by atoms with Crippen molar-refractivity contribution in [3.63, 3.8) is 0 Å². The molecular formula is C8H12Cl3NO3. The Balaban J connectivity index is 2.77. The minimum absolute atomic E-state index is 0.121. The van der Waals surface area contributed by atoms with Gasteiger partial charge in [-0.25, -0.2) is 4.79 Å². The van der Waals surface area contributed by atoms with Gasteiger partial charge >= 0.3 is 6.09 Å². The number of aliphatic hydroxyl groups is 1. The third-order valence-corrected chi connectivity index (χ3v) is 3.76. The SMILES string of the molecule is C[C@H]1C[C@](O)(C(Cl)(Cl)Cl)CCN1C(=O)O. The van der Waals surface area contributed by atoms with Crippen LogP contribution in [0.4, 0.5) is 4.79 Å². The molecule has 15 heavy (non-hydrogen) atoms. The second-order valence-electron chi connectivity index (χ2n) is 3.81. The molecular weight excluding hydrogens is 264 g/mol. The summed E-state index contributed by atoms with van der Waals surface area (Å²) in [7, 11) is 0. The first-order valence-corrected chi connectivity index (χ1v) is 5.59. The lowest BCUT2D eigenvalue weighted by Gasteiger charge is -2.44. The van der Waals surface area contributed by atoms with E-state index in [9.17, 15) is 9.90 Å². The van der Waals surface area contributed by atoms with Crippen LogP contribution in [0.1, 0.15) is 19.8 Å². The summed E-state index contributed by atoms with van der Waals surface area (Å²) in [5.74, 6) is 0. The van der Waals surface area contributed by atoms with Gasteiger partial charge in [-0.3, -0.25) is 0 Å². The number of halogens is 3. The Kier molecular flexibility index (Phi) is 3.66. The minimum atomic E-state index is -1.79. The van der Waals surface area contributed by atoms with Gasteiger partial charge in [-0.15, -0.1) is 0 Å². The maximum absolute atomic E-state index is 10.8. The molecule has 1 amide bonds. The van der Waals surface area contributed by atoms with E-state index in [-0.39, 0.29) is 25.4 Å². The van der Waals surface area contributed by atoms with Crippen molar-refractivity contribution in [3.8, 4) is 0 Å². The molecule has 0 bridgehead atoms. The molecule has 88 valence electrons. The van der Waals surface area contributed by atoms with E-state index in [1.54, 1.807) is 6.92 Å². The van der Waals surface area contributed by atoms with Gasteiger partial charge in [-0.05, 0) is 13.3 Å². The summed E-state index contributed by atoms with van der Waals surface area (Å²) < 4.78 is -1.79. The van der Waals surface area contributed by atoms with Crippen LogP contribution in [0.2, 0.25) is 0 Å². The monoisotopic (exact) mass is 275 g/mol. The molecule has 1 aliphatic heterocycles. The summed E-state index contributed by atoms with van der Waals surface area (Å²) in [6.07, 6.45) is -0.774. The summed E-state index contributed by atoms with van der Waals surface area (Å²) >= 11 is 17.0. The van der Waals surface area contributed by atoms with Gasteiger partial charge in [0.15, 0.2) is 0 Å². The van der Waals surface area contributed by atoms with Crippen LogP contribution >= 0.6 is 34.8 Å². The Hall–Kier alpha value is 0.1000. The Labute approximate surface area is 103 Å². The summed E-state index contributed by atoms with van der Waals surface area (Å²) in [5.41, 5.74) is -1.46. The van der Waals surface area contributed by atoms with Gasteiger partial charge in [0, 0.05) is 19.0 Å². The third-order valence-electron chi connectivity index (χ3n) is 2.70. The fraction of sp³-hybridized carbons (Fsp3) is 0.875. The van der Waals surface area contributed by atoms with E-state index >= 15 is 0 Å². The number of hydrogen-bond acceptors (Lipinski definition) is 2. The summed E-state index contributed by atoms with van der Waals surface area (Å²) in [5, 5.41) is 18.9. The van der Waals surface area contributed by atoms with E-state index in [0.29, 0.717) is 0 Å². The number of carbonyl (C=O) groups is 1. The highest BCUT2D eigenvalue weighted by Gasteiger charge is 2.51. The number of hydrogen-bond donors (Lipinski definition) is 2. The zero-order valence-electron chi connectivity index (χ0n) is 8.08. The molecule has 1 fully saturated rings. The smallest absolute Gasteiger partial charge is 0.407 e. The molecule has 0 aromatic heterocycles. The second kappa shape index (κ2) is 4.17. The fourth-order valence-electron chi connectivity index (χ4n) is 1.77. The molecule has 1 rings (SSSR count). The molecule has 0 unspecified atom stereocenters. The van der Waals surface area contributed by atoms with Gasteiger partial charge in [0.2, 0.25) is 3.79 Å². The largest absolute Gasteiger partial charge is 0.465 e. The Morgan fingerprint density at radius 3 is 2.40 bits per heavy atom. The second-order valence-corrected chi connectivity index (χ2v) is 6.09. The topological polar surface area (TPSA) is 60.8 Å². The molecule has 4 nitrogen and oxygen atoms in total. The number of nitrogens with zero attached hydrogens (tertiary/aromatic N) is 1. The van der Waals surface area contributed by atoms with Crippen molar-refractivity contribution in [3.05, 3.63) is 0 Å². The third kappa shape index (κ3) is 2.61. The van der Waals surface area contributed by atoms with E-state index in [4.69, 9.17) is 39.9 Å². The van der Waals surface area contributed by atoms with Gasteiger partial charge in [0.05, 0.1) is 0 Å². The zero-order chi connectivity index (χ0) is 11.9. The van der Waals surface area contributed by atoms with Crippen molar-refractivity contribution in [2.45, 2.75) is 35.2 Å². The Morgan fingerprint density at radius 2 is 2.07 bits per heavy atom. The van der Waals surface area contributed by atoms with Crippen molar-refractivity contribution in [1.82, 2.24) is 4.90 Å². The van der Waals surface area contributed by atoms with Gasteiger partial charge in [-0.1, -0.05) is 34.8 Å². The lowest BCUT2D eigenvalue weighted by atomic mass is 9.88. The van der Waals surface area contributed by atoms with Gasteiger partial charge in [0.1, 0.15) is 5.60 Å². The summed E-state index contributed by atoms with van der Waals surface area (Å²) in [6, 6.07) is -0.364. The highest BCUT2D eigenvalue weighted by molar-refractivity contribution is 6.68. The molecule has 2 N–H and O–H groups in total. The Morgan fingerprint density at radius 1 is 1.53 bits per heavy atom. The first-order valence-electron chi connectivity index (χ1n) is 4.46. The quantitative estimate of drug-likeness (QED) is 0.667. The molecule has 0 spiro atoms. The highest BCUT2D eigenvalue weighted by Crippen LogP contribution is 2.45. The molecule has 0 radical (unpaired) electrons. The van der Waals surface area contributed by atoms with Crippen LogP contribution in [0.25, 0.3) is 0 Å². The van der Waals surface area contributed by atoms with Crippen LogP contribution in [0, 0.1) is 0 Å². The number of amides is 1. The average Bonchev–Trinajstić information content (AvgIpc) is 2.00. The number of piperidine rings is 1. The van der Waals surface area contributed by atoms with Crippen molar-refractivity contribution < 1.29 is 15.0 Å². The van der Waals surface area contributed by atoms with E-state index in [0.717, 1.165) is 0 Å². The standard InChI is InChI=1S/C8H12Cl3NO3/c1-5-4-7(15,8(9,10)11)2-3-12(5)6(13)14/h5,15H,2-4H2,1H3,(H,13,14)/t5-,7-/m0/s1. The lowest BCUT2D eigenvalue weighted by molar-refractivity contribution is -0.0335. The van der Waals surface area contributed by atoms with Crippen molar-refractivity contribution in [1.29, 1.82) is 0 Å². The maximum atomic E-state index is 10.8. The van der Waals surface area contributed by atoms with E-state index < -0.39 is 15.5 Å². The van der Waals surface area contributed by atoms with Gasteiger partial charge in [0.25, 0.3) is 0 Å². The van der Waals surface area contributed by atoms with Crippen molar-refractivity contribution in [2.75, 3.05) is 6.54 Å². The van der Waals surface area contributed by atoms with Crippen molar-refractivity contribution in [2.24, 2.45) is 0 Å². The summed E-state index contributed by atoms with van der Waals surface area (Å²) in [6.45, 7) is 1.84. The van der Waals surface area contributed by atoms with E-state index in [1.807, 2.05) is 0 Å². The van der Waals surface area contributed by atoms with Gasteiger partial charge in [-0.2, -0.15) is 0 Å². The van der Waals surface area contributed by atoms with Crippen molar-refractivity contribution >= 4 is 40.9 Å². The fourth-order valence-corrected chi connectivity index (χ4v) is 2.28. The van der Waals surface area contributed by atoms with Crippen LogP contribution < -0.4 is 0 Å². The van der Waals surface area contributed by atoms with E-state index in [2.05, 4.69) is 0 Å². The average molecular weight is 277 g/mol. The van der Waals surface area contributed by atoms with Crippen LogP contribution in [-0.2, 0) is 0 Å². The lowest BCUT2D eigenvalue weighted by Crippen LogP contribution is -2.56. The minimum Gasteiger partial charge on any atom is -0.465 e. The van der Waals surface area contributed by atoms with Crippen LogP contribution in [-0.4, -0.2) is 43.2 Å². The number of rotatable bonds is 0. The van der Waals surface area contributed by atoms with E-state index in [1.165, 1.54) is 4.90 Å². The molecule has 1 saturated heterocycles. The summed E-state index contributed by atoms with van der Waals surface area (Å²) in [4.78, 5) is 12.0. The van der Waals surface area contributed by atoms with Crippen LogP contribution in [0.15, 0.2) is 0 Å². The predicted octanol–water partition coefficient (Wildman–Crippen LogP) is 2.25. The molecule has 1 aliphatic rings. The highest BCUT2D eigenvalue weighted by atomic mass is 35.6.